The van der Waals surface area contributed by atoms with Gasteiger partial charge in [0.1, 0.15) is 0 Å². The van der Waals surface area contributed by atoms with Crippen LogP contribution in [0.1, 0.15) is 5.56 Å². The third-order valence-electron chi connectivity index (χ3n) is 4.15. The Bertz CT molecular complexity index is 1060. The molecule has 2 nitrogen and oxygen atoms in total. The number of fused-ring (bicyclic) bond motifs is 1. The zero-order chi connectivity index (χ0) is 18.1. The summed E-state index contributed by atoms with van der Waals surface area (Å²) in [4.78, 5) is 8.47. The SMILES string of the molecule is FC(F)(F)c1c(-c2ccccc2)nc2ncccc2c1-c1ccccc1. The molecule has 0 fully saturated rings. The van der Waals surface area contributed by atoms with Gasteiger partial charge >= 0.3 is 6.18 Å². The van der Waals surface area contributed by atoms with Crippen molar-refractivity contribution in [1.82, 2.24) is 9.97 Å². The number of pyridine rings is 2. The van der Waals surface area contributed by atoms with Gasteiger partial charge in [-0.15, -0.1) is 0 Å². The van der Waals surface area contributed by atoms with Gasteiger partial charge in [-0.05, 0) is 17.7 Å². The fourth-order valence-electron chi connectivity index (χ4n) is 3.08. The summed E-state index contributed by atoms with van der Waals surface area (Å²) in [5, 5.41) is 0.380. The molecule has 4 aromatic rings. The van der Waals surface area contributed by atoms with Crippen LogP contribution in [0.25, 0.3) is 33.4 Å². The fraction of sp³-hybridized carbons (Fsp3) is 0.0476. The molecule has 128 valence electrons. The summed E-state index contributed by atoms with van der Waals surface area (Å²) in [5.74, 6) is 0. The van der Waals surface area contributed by atoms with E-state index in [1.165, 1.54) is 6.20 Å². The Kier molecular flexibility index (Phi) is 3.92. The highest BCUT2D eigenvalue weighted by Crippen LogP contribution is 2.45. The monoisotopic (exact) mass is 350 g/mol. The van der Waals surface area contributed by atoms with E-state index in [-0.39, 0.29) is 11.3 Å². The van der Waals surface area contributed by atoms with Crippen molar-refractivity contribution in [3.05, 3.63) is 84.6 Å². The predicted molar refractivity (Wildman–Crippen MR) is 95.4 cm³/mol. The smallest absolute Gasteiger partial charge is 0.237 e. The van der Waals surface area contributed by atoms with Gasteiger partial charge < -0.3 is 0 Å². The molecule has 0 amide bonds. The van der Waals surface area contributed by atoms with Gasteiger partial charge in [0, 0.05) is 22.7 Å². The minimum absolute atomic E-state index is 0.107. The Hall–Kier alpha value is -3.21. The van der Waals surface area contributed by atoms with E-state index in [1.54, 1.807) is 72.8 Å². The van der Waals surface area contributed by atoms with Gasteiger partial charge in [0.25, 0.3) is 0 Å². The zero-order valence-corrected chi connectivity index (χ0v) is 13.5. The van der Waals surface area contributed by atoms with Crippen molar-refractivity contribution in [1.29, 1.82) is 0 Å². The van der Waals surface area contributed by atoms with Gasteiger partial charge in [-0.1, -0.05) is 60.7 Å². The van der Waals surface area contributed by atoms with Crippen molar-refractivity contribution in [2.45, 2.75) is 6.18 Å². The van der Waals surface area contributed by atoms with Crippen molar-refractivity contribution < 1.29 is 13.2 Å². The van der Waals surface area contributed by atoms with Crippen molar-refractivity contribution in [3.8, 4) is 22.4 Å². The van der Waals surface area contributed by atoms with Crippen LogP contribution in [-0.2, 0) is 6.18 Å². The molecule has 0 spiro atoms. The first kappa shape index (κ1) is 16.3. The number of hydrogen-bond acceptors (Lipinski definition) is 2. The second kappa shape index (κ2) is 6.26. The van der Waals surface area contributed by atoms with Crippen molar-refractivity contribution in [3.63, 3.8) is 0 Å². The van der Waals surface area contributed by atoms with E-state index in [1.807, 2.05) is 0 Å². The summed E-state index contributed by atoms with van der Waals surface area (Å²) >= 11 is 0. The fourth-order valence-corrected chi connectivity index (χ4v) is 3.08. The van der Waals surface area contributed by atoms with Crippen LogP contribution in [0.4, 0.5) is 13.2 Å². The van der Waals surface area contributed by atoms with E-state index >= 15 is 0 Å². The largest absolute Gasteiger partial charge is 0.419 e. The maximum Gasteiger partial charge on any atom is 0.419 e. The Labute approximate surface area is 148 Å². The quantitative estimate of drug-likeness (QED) is 0.444. The van der Waals surface area contributed by atoms with Crippen LogP contribution < -0.4 is 0 Å². The van der Waals surface area contributed by atoms with Crippen LogP contribution in [0.3, 0.4) is 0 Å². The molecule has 0 aliphatic rings. The number of halogens is 3. The lowest BCUT2D eigenvalue weighted by Crippen LogP contribution is -2.12. The molecule has 4 rings (SSSR count). The Morgan fingerprint density at radius 1 is 0.692 bits per heavy atom. The van der Waals surface area contributed by atoms with E-state index in [0.717, 1.165) is 0 Å². The first-order valence-corrected chi connectivity index (χ1v) is 8.02. The molecule has 0 unspecified atom stereocenters. The molecule has 0 bridgehead atoms. The van der Waals surface area contributed by atoms with Crippen LogP contribution >= 0.6 is 0 Å². The Balaban J connectivity index is 2.19. The lowest BCUT2D eigenvalue weighted by atomic mass is 9.92. The van der Waals surface area contributed by atoms with E-state index < -0.39 is 11.7 Å². The molecule has 0 radical (unpaired) electrons. The van der Waals surface area contributed by atoms with Crippen LogP contribution in [0.5, 0.6) is 0 Å². The second-order valence-electron chi connectivity index (χ2n) is 5.81. The summed E-state index contributed by atoms with van der Waals surface area (Å²) < 4.78 is 42.4. The Morgan fingerprint density at radius 3 is 1.92 bits per heavy atom. The lowest BCUT2D eigenvalue weighted by Gasteiger charge is -2.19. The number of aromatic nitrogens is 2. The van der Waals surface area contributed by atoms with E-state index in [2.05, 4.69) is 9.97 Å². The molecule has 0 N–H and O–H groups in total. The van der Waals surface area contributed by atoms with Gasteiger partial charge in [0.05, 0.1) is 11.3 Å². The predicted octanol–water partition coefficient (Wildman–Crippen LogP) is 5.98. The van der Waals surface area contributed by atoms with Gasteiger partial charge in [-0.2, -0.15) is 13.2 Å². The first-order chi connectivity index (χ1) is 12.6. The number of hydrogen-bond donors (Lipinski definition) is 0. The molecule has 26 heavy (non-hydrogen) atoms. The summed E-state index contributed by atoms with van der Waals surface area (Å²) in [5.41, 5.74) is 0.439. The molecular weight excluding hydrogens is 337 g/mol. The minimum Gasteiger partial charge on any atom is -0.237 e. The van der Waals surface area contributed by atoms with Gasteiger partial charge in [-0.3, -0.25) is 0 Å². The topological polar surface area (TPSA) is 25.8 Å². The summed E-state index contributed by atoms with van der Waals surface area (Å²) in [6, 6.07) is 20.2. The molecule has 2 heterocycles. The van der Waals surface area contributed by atoms with E-state index in [9.17, 15) is 13.2 Å². The number of rotatable bonds is 2. The van der Waals surface area contributed by atoms with Gasteiger partial charge in [0.15, 0.2) is 5.65 Å². The highest BCUT2D eigenvalue weighted by Gasteiger charge is 2.39. The maximum atomic E-state index is 14.1. The van der Waals surface area contributed by atoms with E-state index in [4.69, 9.17) is 0 Å². The second-order valence-corrected chi connectivity index (χ2v) is 5.81. The molecule has 0 aliphatic carbocycles. The van der Waals surface area contributed by atoms with Crippen LogP contribution in [-0.4, -0.2) is 9.97 Å². The first-order valence-electron chi connectivity index (χ1n) is 8.02. The molecular formula is C21H13F3N2. The molecule has 5 heteroatoms. The van der Waals surface area contributed by atoms with E-state index in [0.29, 0.717) is 22.2 Å². The number of nitrogens with zero attached hydrogens (tertiary/aromatic N) is 2. The summed E-state index contributed by atoms with van der Waals surface area (Å²) in [6.07, 6.45) is -3.03. The Morgan fingerprint density at radius 2 is 1.31 bits per heavy atom. The standard InChI is InChI=1S/C21H13F3N2/c22-21(23,24)18-17(14-8-3-1-4-9-14)16-12-7-13-25-20(16)26-19(18)15-10-5-2-6-11-15/h1-13H. The molecule has 2 aromatic heterocycles. The average Bonchev–Trinajstić information content (AvgIpc) is 2.67. The normalized spacial score (nSPS) is 11.7. The maximum absolute atomic E-state index is 14.1. The van der Waals surface area contributed by atoms with Gasteiger partial charge in [0.2, 0.25) is 0 Å². The van der Waals surface area contributed by atoms with Gasteiger partial charge in [-0.25, -0.2) is 9.97 Å². The third-order valence-corrected chi connectivity index (χ3v) is 4.15. The molecule has 0 aliphatic heterocycles. The number of alkyl halides is 3. The number of benzene rings is 2. The molecule has 0 atom stereocenters. The van der Waals surface area contributed by atoms with Crippen LogP contribution in [0.2, 0.25) is 0 Å². The third kappa shape index (κ3) is 2.81. The highest BCUT2D eigenvalue weighted by atomic mass is 19.4. The zero-order valence-electron chi connectivity index (χ0n) is 13.5. The minimum atomic E-state index is -4.56. The average molecular weight is 350 g/mol. The highest BCUT2D eigenvalue weighted by molar-refractivity contribution is 5.98. The van der Waals surface area contributed by atoms with Crippen molar-refractivity contribution >= 4 is 11.0 Å². The van der Waals surface area contributed by atoms with Crippen molar-refractivity contribution in [2.24, 2.45) is 0 Å². The van der Waals surface area contributed by atoms with Crippen LogP contribution in [0, 0.1) is 0 Å². The summed E-state index contributed by atoms with van der Waals surface area (Å²) in [6.45, 7) is 0. The summed E-state index contributed by atoms with van der Waals surface area (Å²) in [7, 11) is 0. The lowest BCUT2D eigenvalue weighted by molar-refractivity contribution is -0.136. The van der Waals surface area contributed by atoms with Crippen LogP contribution in [0.15, 0.2) is 79.0 Å². The van der Waals surface area contributed by atoms with Crippen molar-refractivity contribution in [2.75, 3.05) is 0 Å². The molecule has 2 aromatic carbocycles. The molecule has 0 saturated carbocycles. The molecule has 0 saturated heterocycles.